The summed E-state index contributed by atoms with van der Waals surface area (Å²) in [4.78, 5) is 0. The fraction of sp³-hybridized carbons (Fsp3) is 1.00. The van der Waals surface area contributed by atoms with Gasteiger partial charge in [0.1, 0.15) is 0 Å². The minimum atomic E-state index is 0.430. The van der Waals surface area contributed by atoms with Crippen LogP contribution >= 0.6 is 11.8 Å². The molecule has 1 aliphatic heterocycles. The highest BCUT2D eigenvalue weighted by atomic mass is 32.2. The molecular weight excluding hydrogens is 170 g/mol. The van der Waals surface area contributed by atoms with Gasteiger partial charge in [0.05, 0.1) is 0 Å². The lowest BCUT2D eigenvalue weighted by Gasteiger charge is -2.15. The van der Waals surface area contributed by atoms with E-state index in [0.29, 0.717) is 11.3 Å². The van der Waals surface area contributed by atoms with Crippen LogP contribution in [0.15, 0.2) is 0 Å². The van der Waals surface area contributed by atoms with E-state index < -0.39 is 0 Å². The zero-order chi connectivity index (χ0) is 8.97. The molecule has 0 aromatic heterocycles. The minimum absolute atomic E-state index is 0.430. The molecule has 1 heterocycles. The molecule has 0 saturated carbocycles. The predicted octanol–water partition coefficient (Wildman–Crippen LogP) is 2.37. The Morgan fingerprint density at radius 2 is 2.25 bits per heavy atom. The number of hydrogen-bond acceptors (Lipinski definition) is 3. The van der Waals surface area contributed by atoms with Gasteiger partial charge in [0.2, 0.25) is 0 Å². The van der Waals surface area contributed by atoms with E-state index in [2.05, 4.69) is 13.8 Å². The van der Waals surface area contributed by atoms with Crippen molar-refractivity contribution in [3.8, 4) is 0 Å². The van der Waals surface area contributed by atoms with Crippen molar-refractivity contribution in [1.29, 1.82) is 0 Å². The zero-order valence-corrected chi connectivity index (χ0v) is 8.81. The van der Waals surface area contributed by atoms with E-state index in [1.165, 1.54) is 17.9 Å². The normalized spacial score (nSPS) is 31.2. The lowest BCUT2D eigenvalue weighted by Crippen LogP contribution is -2.25. The summed E-state index contributed by atoms with van der Waals surface area (Å²) < 4.78 is 0. The van der Waals surface area contributed by atoms with Gasteiger partial charge in [0.15, 0.2) is 0 Å². The van der Waals surface area contributed by atoms with Gasteiger partial charge in [-0.2, -0.15) is 16.8 Å². The van der Waals surface area contributed by atoms with Crippen molar-refractivity contribution in [3.63, 3.8) is 0 Å². The Labute approximate surface area is 79.3 Å². The molecule has 12 heavy (non-hydrogen) atoms. The van der Waals surface area contributed by atoms with Gasteiger partial charge < -0.3 is 5.21 Å². The third-order valence-electron chi connectivity index (χ3n) is 2.37. The molecule has 0 aliphatic carbocycles. The van der Waals surface area contributed by atoms with Crippen molar-refractivity contribution < 1.29 is 5.21 Å². The summed E-state index contributed by atoms with van der Waals surface area (Å²) in [6, 6.07) is 0.430. The van der Waals surface area contributed by atoms with E-state index in [9.17, 15) is 5.21 Å². The zero-order valence-electron chi connectivity index (χ0n) is 7.99. The second-order valence-electron chi connectivity index (χ2n) is 3.38. The van der Waals surface area contributed by atoms with E-state index >= 15 is 0 Å². The molecule has 0 radical (unpaired) electrons. The molecule has 0 bridgehead atoms. The topological polar surface area (TPSA) is 23.5 Å². The van der Waals surface area contributed by atoms with Crippen molar-refractivity contribution >= 4 is 11.8 Å². The van der Waals surface area contributed by atoms with Gasteiger partial charge >= 0.3 is 0 Å². The molecule has 2 unspecified atom stereocenters. The van der Waals surface area contributed by atoms with E-state index in [0.717, 1.165) is 18.7 Å². The second-order valence-corrected chi connectivity index (χ2v) is 4.95. The maximum atomic E-state index is 9.54. The molecule has 72 valence electrons. The Morgan fingerprint density at radius 3 is 2.83 bits per heavy atom. The van der Waals surface area contributed by atoms with Crippen LogP contribution in [0.4, 0.5) is 0 Å². The summed E-state index contributed by atoms with van der Waals surface area (Å²) in [5, 5.41) is 11.7. The first-order valence-electron chi connectivity index (χ1n) is 4.85. The standard InChI is InChI=1S/C9H19NOS/c1-3-5-8-6-9(12-4-2)7-10(8)11/h8-9,11H,3-7H2,1-2H3. The monoisotopic (exact) mass is 189 g/mol. The summed E-state index contributed by atoms with van der Waals surface area (Å²) in [7, 11) is 0. The maximum Gasteiger partial charge on any atom is 0.0361 e. The summed E-state index contributed by atoms with van der Waals surface area (Å²) in [6.07, 6.45) is 3.48. The highest BCUT2D eigenvalue weighted by molar-refractivity contribution is 7.99. The first-order chi connectivity index (χ1) is 5.77. The first-order valence-corrected chi connectivity index (χ1v) is 5.89. The van der Waals surface area contributed by atoms with Crippen LogP contribution in [0.1, 0.15) is 33.1 Å². The fourth-order valence-corrected chi connectivity index (χ4v) is 2.90. The summed E-state index contributed by atoms with van der Waals surface area (Å²) >= 11 is 1.97. The van der Waals surface area contributed by atoms with Crippen LogP contribution in [0, 0.1) is 0 Å². The maximum absolute atomic E-state index is 9.54. The molecule has 0 amide bonds. The van der Waals surface area contributed by atoms with E-state index in [1.807, 2.05) is 11.8 Å². The third kappa shape index (κ3) is 2.64. The van der Waals surface area contributed by atoms with Gasteiger partial charge in [0.25, 0.3) is 0 Å². The van der Waals surface area contributed by atoms with Crippen LogP contribution in [-0.4, -0.2) is 33.9 Å². The number of thioether (sulfide) groups is 1. The Kier molecular flexibility index (Phi) is 4.40. The number of hydroxylamine groups is 2. The van der Waals surface area contributed by atoms with Gasteiger partial charge in [-0.05, 0) is 18.6 Å². The highest BCUT2D eigenvalue weighted by Gasteiger charge is 2.29. The largest absolute Gasteiger partial charge is 0.314 e. The molecule has 0 spiro atoms. The summed E-state index contributed by atoms with van der Waals surface area (Å²) in [5.74, 6) is 1.16. The molecule has 0 aromatic carbocycles. The Bertz CT molecular complexity index is 132. The molecule has 2 nitrogen and oxygen atoms in total. The van der Waals surface area contributed by atoms with Gasteiger partial charge in [0, 0.05) is 17.8 Å². The van der Waals surface area contributed by atoms with Crippen LogP contribution in [0.3, 0.4) is 0 Å². The third-order valence-corrected chi connectivity index (χ3v) is 3.52. The van der Waals surface area contributed by atoms with Crippen molar-refractivity contribution in [2.24, 2.45) is 0 Å². The quantitative estimate of drug-likeness (QED) is 0.734. The van der Waals surface area contributed by atoms with Crippen molar-refractivity contribution in [2.45, 2.75) is 44.4 Å². The Morgan fingerprint density at radius 1 is 1.50 bits per heavy atom. The van der Waals surface area contributed by atoms with E-state index in [-0.39, 0.29) is 0 Å². The molecule has 0 aromatic rings. The summed E-state index contributed by atoms with van der Waals surface area (Å²) in [6.45, 7) is 5.22. The Balaban J connectivity index is 2.29. The van der Waals surface area contributed by atoms with Crippen LogP contribution in [0.25, 0.3) is 0 Å². The SMILES string of the molecule is CCCC1CC(SCC)CN1O. The highest BCUT2D eigenvalue weighted by Crippen LogP contribution is 2.28. The molecule has 3 heteroatoms. The lowest BCUT2D eigenvalue weighted by atomic mass is 10.1. The molecular formula is C9H19NOS. The van der Waals surface area contributed by atoms with Crippen LogP contribution < -0.4 is 0 Å². The summed E-state index contributed by atoms with van der Waals surface area (Å²) in [5.41, 5.74) is 0. The van der Waals surface area contributed by atoms with E-state index in [1.54, 1.807) is 0 Å². The average molecular weight is 189 g/mol. The van der Waals surface area contributed by atoms with Gasteiger partial charge in [-0.1, -0.05) is 20.3 Å². The first kappa shape index (κ1) is 10.4. The van der Waals surface area contributed by atoms with Crippen LogP contribution in [0.5, 0.6) is 0 Å². The van der Waals surface area contributed by atoms with Crippen molar-refractivity contribution in [2.75, 3.05) is 12.3 Å². The number of hydrogen-bond donors (Lipinski definition) is 1. The van der Waals surface area contributed by atoms with Gasteiger partial charge in [-0.25, -0.2) is 0 Å². The molecule has 1 saturated heterocycles. The van der Waals surface area contributed by atoms with E-state index in [4.69, 9.17) is 0 Å². The number of nitrogens with zero attached hydrogens (tertiary/aromatic N) is 1. The average Bonchev–Trinajstić information content (AvgIpc) is 2.34. The lowest BCUT2D eigenvalue weighted by molar-refractivity contribution is -0.104. The van der Waals surface area contributed by atoms with Crippen molar-refractivity contribution in [1.82, 2.24) is 5.06 Å². The van der Waals surface area contributed by atoms with Gasteiger partial charge in [-0.3, -0.25) is 0 Å². The minimum Gasteiger partial charge on any atom is -0.314 e. The number of rotatable bonds is 4. The molecule has 1 N–H and O–H groups in total. The Hall–Kier alpha value is 0.270. The molecule has 1 rings (SSSR count). The van der Waals surface area contributed by atoms with Crippen molar-refractivity contribution in [3.05, 3.63) is 0 Å². The fourth-order valence-electron chi connectivity index (χ4n) is 1.81. The smallest absolute Gasteiger partial charge is 0.0361 e. The second kappa shape index (κ2) is 5.10. The van der Waals surface area contributed by atoms with Crippen LogP contribution in [0.2, 0.25) is 0 Å². The molecule has 2 atom stereocenters. The molecule has 1 aliphatic rings. The molecule has 1 fully saturated rings. The van der Waals surface area contributed by atoms with Gasteiger partial charge in [-0.15, -0.1) is 0 Å². The predicted molar refractivity (Wildman–Crippen MR) is 53.7 cm³/mol. The van der Waals surface area contributed by atoms with Crippen LogP contribution in [-0.2, 0) is 0 Å².